The summed E-state index contributed by atoms with van der Waals surface area (Å²) in [7, 11) is 0. The average Bonchev–Trinajstić information content (AvgIpc) is 3.60. The van der Waals surface area contributed by atoms with E-state index in [1.165, 1.54) is 11.1 Å². The molecule has 0 aliphatic carbocycles. The van der Waals surface area contributed by atoms with Crippen LogP contribution < -0.4 is 0 Å². The zero-order chi connectivity index (χ0) is 35.4. The van der Waals surface area contributed by atoms with Gasteiger partial charge >= 0.3 is 0 Å². The van der Waals surface area contributed by atoms with Crippen molar-refractivity contribution < 1.29 is 15.7 Å². The Balaban J connectivity index is 0.000000216. The Morgan fingerprint density at radius 1 is 0.469 bits per heavy atom. The monoisotopic (exact) mass is 662 g/mol. The van der Waals surface area contributed by atoms with Crippen molar-refractivity contribution in [3.8, 4) is 34.3 Å². The number of nitrogens with one attached hydrogen (secondary N) is 2. The first-order valence-electron chi connectivity index (χ1n) is 16.8. The Kier molecular flexibility index (Phi) is 9.88. The van der Waals surface area contributed by atoms with Gasteiger partial charge in [-0.2, -0.15) is 0 Å². The fraction of sp³-hybridized carbons (Fsp3) is 0.381. The van der Waals surface area contributed by atoms with Crippen LogP contribution in [0.2, 0.25) is 0 Å². The van der Waals surface area contributed by atoms with Crippen molar-refractivity contribution in [1.29, 1.82) is 0 Å². The van der Waals surface area contributed by atoms with Gasteiger partial charge in [0.05, 0.1) is 33.2 Å². The second-order valence-electron chi connectivity index (χ2n) is 17.0. The van der Waals surface area contributed by atoms with E-state index in [0.717, 1.165) is 44.3 Å². The number of phenolic OH excluding ortho intramolecular Hbond substituents is 2. The Bertz CT molecular complexity index is 1870. The number of imidazole rings is 2. The number of nitrogens with zero attached hydrogens (tertiary/aromatic N) is 2. The van der Waals surface area contributed by atoms with Gasteiger partial charge in [0, 0.05) is 11.1 Å². The predicted molar refractivity (Wildman–Crippen MR) is 205 cm³/mol. The molecule has 0 saturated heterocycles. The smallest absolute Gasteiger partial charge is 0.142 e. The summed E-state index contributed by atoms with van der Waals surface area (Å²) in [6, 6.07) is 24.2. The third-order valence-electron chi connectivity index (χ3n) is 8.86. The molecule has 0 atom stereocenters. The van der Waals surface area contributed by atoms with Gasteiger partial charge in [-0.3, -0.25) is 0 Å². The summed E-state index contributed by atoms with van der Waals surface area (Å²) in [5.41, 5.74) is 9.29. The standard InChI is InChI=1S/2C21H26N2O.H2O/c2*1-20(2,3)13-11-14(18(24)15(12-13)21(4,5)6)19-22-16-9-7-8-10-17(16)23-19;/h2*7-12,24H,1-6H3,(H,22,23);1H2. The molecule has 2 aromatic heterocycles. The van der Waals surface area contributed by atoms with Gasteiger partial charge in [-0.1, -0.05) is 119 Å². The largest absolute Gasteiger partial charge is 0.507 e. The number of hydrogen-bond donors (Lipinski definition) is 4. The van der Waals surface area contributed by atoms with Crippen LogP contribution in [0.3, 0.4) is 0 Å². The van der Waals surface area contributed by atoms with Gasteiger partial charge in [0.15, 0.2) is 0 Å². The van der Waals surface area contributed by atoms with Gasteiger partial charge in [0.1, 0.15) is 23.1 Å². The lowest BCUT2D eigenvalue weighted by Gasteiger charge is -2.27. The number of H-pyrrole nitrogens is 2. The second-order valence-corrected chi connectivity index (χ2v) is 17.0. The summed E-state index contributed by atoms with van der Waals surface area (Å²) in [5, 5.41) is 21.9. The summed E-state index contributed by atoms with van der Waals surface area (Å²) >= 11 is 0. The zero-order valence-electron chi connectivity index (χ0n) is 31.2. The van der Waals surface area contributed by atoms with Crippen molar-refractivity contribution in [1.82, 2.24) is 19.9 Å². The molecule has 0 aliphatic heterocycles. The SMILES string of the molecule is CC(C)(C)c1cc(-c2nc3ccccc3[nH]2)c(O)c(C(C)(C)C)c1.CC(C)(C)c1cc(-c2nc3ccccc3[nH]2)c(O)c(C(C)(C)C)c1.O. The van der Waals surface area contributed by atoms with Crippen molar-refractivity contribution in [2.45, 2.75) is 105 Å². The molecule has 0 spiro atoms. The van der Waals surface area contributed by atoms with Crippen LogP contribution in [-0.2, 0) is 21.7 Å². The first-order valence-corrected chi connectivity index (χ1v) is 16.8. The van der Waals surface area contributed by atoms with Crippen molar-refractivity contribution >= 4 is 22.1 Å². The van der Waals surface area contributed by atoms with Crippen LogP contribution >= 0.6 is 0 Å². The summed E-state index contributed by atoms with van der Waals surface area (Å²) < 4.78 is 0. The molecule has 2 heterocycles. The molecule has 260 valence electrons. The highest BCUT2D eigenvalue weighted by Gasteiger charge is 2.28. The highest BCUT2D eigenvalue weighted by Crippen LogP contribution is 2.43. The number of aromatic hydroxyl groups is 2. The molecule has 0 bridgehead atoms. The fourth-order valence-corrected chi connectivity index (χ4v) is 5.80. The quantitative estimate of drug-likeness (QED) is 0.147. The number of aromatic amines is 2. The molecule has 7 nitrogen and oxygen atoms in total. The molecule has 4 aromatic carbocycles. The average molecular weight is 663 g/mol. The van der Waals surface area contributed by atoms with E-state index in [-0.39, 0.29) is 27.1 Å². The molecule has 6 N–H and O–H groups in total. The Morgan fingerprint density at radius 2 is 0.796 bits per heavy atom. The summed E-state index contributed by atoms with van der Waals surface area (Å²) in [6.07, 6.45) is 0. The van der Waals surface area contributed by atoms with Crippen LogP contribution in [0.5, 0.6) is 11.5 Å². The second kappa shape index (κ2) is 13.0. The van der Waals surface area contributed by atoms with E-state index in [4.69, 9.17) is 0 Å². The van der Waals surface area contributed by atoms with E-state index in [0.29, 0.717) is 23.1 Å². The number of benzene rings is 4. The first kappa shape index (κ1) is 37.2. The summed E-state index contributed by atoms with van der Waals surface area (Å²) in [5.74, 6) is 2.06. The van der Waals surface area contributed by atoms with E-state index in [1.54, 1.807) is 0 Å². The lowest BCUT2D eigenvalue weighted by Crippen LogP contribution is -2.17. The maximum atomic E-state index is 10.9. The number of fused-ring (bicyclic) bond motifs is 2. The van der Waals surface area contributed by atoms with Crippen molar-refractivity contribution in [3.05, 3.63) is 95.1 Å². The molecule has 49 heavy (non-hydrogen) atoms. The Hall–Kier alpha value is -4.62. The topological polar surface area (TPSA) is 129 Å². The molecular weight excluding hydrogens is 608 g/mol. The van der Waals surface area contributed by atoms with Crippen molar-refractivity contribution in [3.63, 3.8) is 0 Å². The summed E-state index contributed by atoms with van der Waals surface area (Å²) in [6.45, 7) is 25.9. The highest BCUT2D eigenvalue weighted by molar-refractivity contribution is 5.82. The normalized spacial score (nSPS) is 12.5. The minimum absolute atomic E-state index is 0. The number of rotatable bonds is 2. The van der Waals surface area contributed by atoms with Crippen molar-refractivity contribution in [2.75, 3.05) is 0 Å². The van der Waals surface area contributed by atoms with E-state index < -0.39 is 0 Å². The Morgan fingerprint density at radius 3 is 1.08 bits per heavy atom. The van der Waals surface area contributed by atoms with Gasteiger partial charge in [-0.25, -0.2) is 9.97 Å². The zero-order valence-corrected chi connectivity index (χ0v) is 31.2. The summed E-state index contributed by atoms with van der Waals surface area (Å²) in [4.78, 5) is 16.0. The molecule has 0 unspecified atom stereocenters. The molecule has 7 heteroatoms. The first-order chi connectivity index (χ1) is 22.1. The lowest BCUT2D eigenvalue weighted by atomic mass is 9.79. The van der Waals surface area contributed by atoms with Crippen LogP contribution in [0.15, 0.2) is 72.8 Å². The van der Waals surface area contributed by atoms with Crippen LogP contribution in [-0.4, -0.2) is 35.6 Å². The molecule has 0 saturated carbocycles. The van der Waals surface area contributed by atoms with Crippen LogP contribution in [0, 0.1) is 0 Å². The number of phenols is 2. The third kappa shape index (κ3) is 7.83. The molecule has 6 rings (SSSR count). The molecule has 6 aromatic rings. The van der Waals surface area contributed by atoms with E-state index in [1.807, 2.05) is 48.5 Å². The van der Waals surface area contributed by atoms with Gasteiger partial charge in [0.2, 0.25) is 0 Å². The van der Waals surface area contributed by atoms with E-state index >= 15 is 0 Å². The van der Waals surface area contributed by atoms with Gasteiger partial charge in [-0.05, 0) is 69.2 Å². The minimum Gasteiger partial charge on any atom is -0.507 e. The number of aromatic nitrogens is 4. The molecule has 0 aliphatic rings. The predicted octanol–water partition coefficient (Wildman–Crippen LogP) is 10.2. The maximum absolute atomic E-state index is 10.9. The van der Waals surface area contributed by atoms with E-state index in [2.05, 4.69) is 127 Å². The van der Waals surface area contributed by atoms with Crippen LogP contribution in [0.25, 0.3) is 44.8 Å². The molecular formula is C42H54N4O3. The fourth-order valence-electron chi connectivity index (χ4n) is 5.80. The Labute approximate surface area is 291 Å². The van der Waals surface area contributed by atoms with Crippen LogP contribution in [0.4, 0.5) is 0 Å². The molecule has 0 radical (unpaired) electrons. The van der Waals surface area contributed by atoms with Crippen LogP contribution in [0.1, 0.15) is 105 Å². The van der Waals surface area contributed by atoms with Crippen molar-refractivity contribution in [2.24, 2.45) is 0 Å². The van der Waals surface area contributed by atoms with Gasteiger partial charge < -0.3 is 25.7 Å². The third-order valence-corrected chi connectivity index (χ3v) is 8.86. The lowest BCUT2D eigenvalue weighted by molar-refractivity contribution is 0.445. The highest BCUT2D eigenvalue weighted by atomic mass is 16.3. The minimum atomic E-state index is -0.147. The molecule has 0 fully saturated rings. The van der Waals surface area contributed by atoms with E-state index in [9.17, 15) is 10.2 Å². The van der Waals surface area contributed by atoms with Gasteiger partial charge in [0.25, 0.3) is 0 Å². The number of para-hydroxylation sites is 4. The molecule has 0 amide bonds. The van der Waals surface area contributed by atoms with Gasteiger partial charge in [-0.15, -0.1) is 0 Å². The number of hydrogen-bond acceptors (Lipinski definition) is 4. The maximum Gasteiger partial charge on any atom is 0.142 e.